The number of nitrogens with one attached hydrogen (secondary N) is 2. The van der Waals surface area contributed by atoms with Gasteiger partial charge in [-0.05, 0) is 41.9 Å². The molecule has 0 saturated carbocycles. The zero-order valence-electron chi connectivity index (χ0n) is 14.1. The average molecular weight is 416 g/mol. The molecule has 2 heterocycles. The summed E-state index contributed by atoms with van der Waals surface area (Å²) in [5, 5.41) is 4.71. The van der Waals surface area contributed by atoms with Crippen molar-refractivity contribution in [2.75, 3.05) is 25.0 Å². The average Bonchev–Trinajstić information content (AvgIpc) is 3.06. The van der Waals surface area contributed by atoms with Crippen molar-refractivity contribution in [2.45, 2.75) is 6.18 Å². The van der Waals surface area contributed by atoms with E-state index in [2.05, 4.69) is 10.6 Å². The fourth-order valence-electron chi connectivity index (χ4n) is 2.61. The molecule has 1 aromatic carbocycles. The van der Waals surface area contributed by atoms with E-state index in [1.807, 2.05) is 0 Å². The molecule has 11 heteroatoms. The largest absolute Gasteiger partial charge is 0.440 e. The molecule has 3 amide bonds. The highest BCUT2D eigenvalue weighted by molar-refractivity contribution is 6.29. The molecule has 1 saturated heterocycles. The molecule has 148 valence electrons. The first-order chi connectivity index (χ1) is 13.1. The monoisotopic (exact) mass is 415 g/mol. The quantitative estimate of drug-likeness (QED) is 0.806. The van der Waals surface area contributed by atoms with Crippen LogP contribution in [-0.2, 0) is 11.0 Å². The van der Waals surface area contributed by atoms with Gasteiger partial charge in [0.1, 0.15) is 0 Å². The van der Waals surface area contributed by atoms with Crippen molar-refractivity contribution in [3.63, 3.8) is 0 Å². The second-order valence-corrected chi connectivity index (χ2v) is 6.30. The van der Waals surface area contributed by atoms with Crippen LogP contribution in [0.4, 0.5) is 18.9 Å². The fourth-order valence-corrected chi connectivity index (χ4v) is 2.76. The van der Waals surface area contributed by atoms with Crippen LogP contribution in [0.5, 0.6) is 0 Å². The molecule has 0 radical (unpaired) electrons. The molecule has 1 aromatic heterocycles. The number of rotatable bonds is 3. The van der Waals surface area contributed by atoms with Crippen molar-refractivity contribution in [3.05, 3.63) is 52.4 Å². The Balaban J connectivity index is 1.91. The van der Waals surface area contributed by atoms with Gasteiger partial charge in [0.15, 0.2) is 11.0 Å². The summed E-state index contributed by atoms with van der Waals surface area (Å²) < 4.78 is 44.6. The van der Waals surface area contributed by atoms with E-state index in [1.54, 1.807) is 0 Å². The highest BCUT2D eigenvalue weighted by Gasteiger charge is 2.33. The predicted octanol–water partition coefficient (Wildman–Crippen LogP) is 2.78. The van der Waals surface area contributed by atoms with Gasteiger partial charge >= 0.3 is 6.18 Å². The third kappa shape index (κ3) is 4.45. The molecule has 0 aliphatic carbocycles. The second-order valence-electron chi connectivity index (χ2n) is 5.93. The zero-order chi connectivity index (χ0) is 20.5. The maximum atomic E-state index is 13.2. The number of hydrogen-bond acceptors (Lipinski definition) is 4. The van der Waals surface area contributed by atoms with E-state index < -0.39 is 29.5 Å². The Morgan fingerprint density at radius 2 is 1.96 bits per heavy atom. The Labute approximate surface area is 161 Å². The lowest BCUT2D eigenvalue weighted by molar-refractivity contribution is -0.137. The van der Waals surface area contributed by atoms with Crippen LogP contribution < -0.4 is 10.6 Å². The topological polar surface area (TPSA) is 91.7 Å². The molecule has 28 heavy (non-hydrogen) atoms. The number of carbonyl (C=O) groups excluding carboxylic acids is 3. The molecule has 0 unspecified atom stereocenters. The molecule has 2 aromatic rings. The summed E-state index contributed by atoms with van der Waals surface area (Å²) >= 11 is 5.58. The number of piperazine rings is 1. The normalized spacial score (nSPS) is 14.6. The van der Waals surface area contributed by atoms with Crippen LogP contribution in [0.15, 0.2) is 34.7 Å². The number of halogens is 4. The molecule has 7 nitrogen and oxygen atoms in total. The molecule has 2 N–H and O–H groups in total. The number of furan rings is 1. The van der Waals surface area contributed by atoms with Crippen LogP contribution in [0, 0.1) is 0 Å². The Morgan fingerprint density at radius 3 is 2.57 bits per heavy atom. The van der Waals surface area contributed by atoms with E-state index in [9.17, 15) is 27.6 Å². The fraction of sp³-hybridized carbons (Fsp3) is 0.235. The molecule has 1 fully saturated rings. The highest BCUT2D eigenvalue weighted by Crippen LogP contribution is 2.32. The highest BCUT2D eigenvalue weighted by atomic mass is 35.5. The van der Waals surface area contributed by atoms with Crippen LogP contribution >= 0.6 is 11.6 Å². The van der Waals surface area contributed by atoms with E-state index >= 15 is 0 Å². The molecular weight excluding hydrogens is 403 g/mol. The van der Waals surface area contributed by atoms with Crippen LogP contribution in [-0.4, -0.2) is 42.3 Å². The minimum absolute atomic E-state index is 0.0616. The van der Waals surface area contributed by atoms with Gasteiger partial charge in [0.25, 0.3) is 11.8 Å². The summed E-state index contributed by atoms with van der Waals surface area (Å²) in [6, 6.07) is 5.03. The first-order valence-electron chi connectivity index (χ1n) is 7.98. The Morgan fingerprint density at radius 1 is 1.21 bits per heavy atom. The summed E-state index contributed by atoms with van der Waals surface area (Å²) in [4.78, 5) is 37.3. The second kappa shape index (κ2) is 7.55. The maximum absolute atomic E-state index is 13.2. The Bertz CT molecular complexity index is 942. The molecule has 0 bridgehead atoms. The maximum Gasteiger partial charge on any atom is 0.416 e. The van der Waals surface area contributed by atoms with Gasteiger partial charge in [-0.15, -0.1) is 0 Å². The van der Waals surface area contributed by atoms with E-state index in [1.165, 1.54) is 12.1 Å². The summed E-state index contributed by atoms with van der Waals surface area (Å²) in [5.74, 6) is -2.20. The molecule has 1 aliphatic heterocycles. The van der Waals surface area contributed by atoms with E-state index in [-0.39, 0.29) is 41.9 Å². The van der Waals surface area contributed by atoms with Crippen molar-refractivity contribution >= 4 is 35.0 Å². The lowest BCUT2D eigenvalue weighted by Crippen LogP contribution is -2.50. The SMILES string of the molecule is O=C1CN(C(=O)c2cc(NC(=O)c3ccc(Cl)o3)cc(C(F)(F)F)c2)CCN1. The van der Waals surface area contributed by atoms with Gasteiger partial charge in [0, 0.05) is 24.3 Å². The van der Waals surface area contributed by atoms with Gasteiger partial charge < -0.3 is 20.0 Å². The number of alkyl halides is 3. The number of anilines is 1. The summed E-state index contributed by atoms with van der Waals surface area (Å²) in [6.45, 7) is 0.0987. The first kappa shape index (κ1) is 19.7. The number of nitrogens with zero attached hydrogens (tertiary/aromatic N) is 1. The standard InChI is InChI=1S/C17H13ClF3N3O4/c18-13-2-1-12(28-13)15(26)23-11-6-9(5-10(7-11)17(19,20)21)16(27)24-4-3-22-14(25)8-24/h1-2,5-7H,3-4,8H2,(H,22,25)(H,23,26). The third-order valence-electron chi connectivity index (χ3n) is 3.89. The smallest absolute Gasteiger partial charge is 0.416 e. The Kier molecular flexibility index (Phi) is 5.32. The zero-order valence-corrected chi connectivity index (χ0v) is 14.9. The van der Waals surface area contributed by atoms with E-state index in [0.29, 0.717) is 12.1 Å². The van der Waals surface area contributed by atoms with Gasteiger partial charge in [0.2, 0.25) is 5.91 Å². The number of amides is 3. The minimum atomic E-state index is -4.75. The summed E-state index contributed by atoms with van der Waals surface area (Å²) in [7, 11) is 0. The van der Waals surface area contributed by atoms with Crippen LogP contribution in [0.2, 0.25) is 5.22 Å². The van der Waals surface area contributed by atoms with Gasteiger partial charge in [-0.25, -0.2) is 0 Å². The van der Waals surface area contributed by atoms with Crippen molar-refractivity contribution < 1.29 is 32.0 Å². The third-order valence-corrected chi connectivity index (χ3v) is 4.09. The lowest BCUT2D eigenvalue weighted by Gasteiger charge is -2.27. The van der Waals surface area contributed by atoms with Crippen molar-refractivity contribution in [1.29, 1.82) is 0 Å². The summed E-state index contributed by atoms with van der Waals surface area (Å²) in [5.41, 5.74) is -1.68. The molecular formula is C17H13ClF3N3O4. The predicted molar refractivity (Wildman–Crippen MR) is 92.0 cm³/mol. The minimum Gasteiger partial charge on any atom is -0.440 e. The molecule has 1 aliphatic rings. The van der Waals surface area contributed by atoms with Gasteiger partial charge in [-0.1, -0.05) is 0 Å². The van der Waals surface area contributed by atoms with Crippen LogP contribution in [0.25, 0.3) is 0 Å². The number of carbonyl (C=O) groups is 3. The van der Waals surface area contributed by atoms with Crippen molar-refractivity contribution in [2.24, 2.45) is 0 Å². The number of hydrogen-bond donors (Lipinski definition) is 2. The Hall–Kier alpha value is -3.01. The van der Waals surface area contributed by atoms with Crippen molar-refractivity contribution in [3.8, 4) is 0 Å². The molecule has 0 spiro atoms. The number of benzene rings is 1. The van der Waals surface area contributed by atoms with E-state index in [0.717, 1.165) is 11.0 Å². The van der Waals surface area contributed by atoms with Gasteiger partial charge in [-0.3, -0.25) is 14.4 Å². The van der Waals surface area contributed by atoms with Crippen LogP contribution in [0.1, 0.15) is 26.5 Å². The van der Waals surface area contributed by atoms with Gasteiger partial charge in [0.05, 0.1) is 12.1 Å². The van der Waals surface area contributed by atoms with Crippen molar-refractivity contribution in [1.82, 2.24) is 10.2 Å². The summed E-state index contributed by atoms with van der Waals surface area (Å²) in [6.07, 6.45) is -4.75. The molecule has 3 rings (SSSR count). The van der Waals surface area contributed by atoms with Gasteiger partial charge in [-0.2, -0.15) is 13.2 Å². The molecule has 0 atom stereocenters. The van der Waals surface area contributed by atoms with Crippen LogP contribution in [0.3, 0.4) is 0 Å². The van der Waals surface area contributed by atoms with E-state index in [4.69, 9.17) is 16.0 Å². The lowest BCUT2D eigenvalue weighted by atomic mass is 10.1. The first-order valence-corrected chi connectivity index (χ1v) is 8.36.